The quantitative estimate of drug-likeness (QED) is 0.374. The Bertz CT molecular complexity index is 594. The van der Waals surface area contributed by atoms with E-state index in [-0.39, 0.29) is 0 Å². The zero-order chi connectivity index (χ0) is 16.4. The van der Waals surface area contributed by atoms with Gasteiger partial charge in [0.25, 0.3) is 11.8 Å². The number of esters is 1. The Labute approximate surface area is 132 Å². The van der Waals surface area contributed by atoms with Gasteiger partial charge >= 0.3 is 5.97 Å². The second kappa shape index (κ2) is 9.36. The molecule has 6 nitrogen and oxygen atoms in total. The number of hydrogen-bond donors (Lipinski definition) is 2. The van der Waals surface area contributed by atoms with Crippen molar-refractivity contribution in [2.75, 3.05) is 6.61 Å². The monoisotopic (exact) mass is 322 g/mol. The van der Waals surface area contributed by atoms with E-state index in [0.717, 1.165) is 0 Å². The first kappa shape index (κ1) is 17.5. The van der Waals surface area contributed by atoms with Crippen molar-refractivity contribution >= 4 is 29.4 Å². The van der Waals surface area contributed by atoms with Crippen molar-refractivity contribution in [2.45, 2.75) is 6.92 Å². The van der Waals surface area contributed by atoms with Crippen LogP contribution in [0.1, 0.15) is 17.3 Å². The fraction of sp³-hybridized carbons (Fsp3) is 0.133. The van der Waals surface area contributed by atoms with Gasteiger partial charge in [-0.2, -0.15) is 0 Å². The Morgan fingerprint density at radius 2 is 1.82 bits per heavy atom. The first-order chi connectivity index (χ1) is 10.5. The van der Waals surface area contributed by atoms with Gasteiger partial charge in [0.1, 0.15) is 0 Å². The van der Waals surface area contributed by atoms with Gasteiger partial charge < -0.3 is 4.74 Å². The number of hydrogen-bond acceptors (Lipinski definition) is 4. The van der Waals surface area contributed by atoms with Crippen LogP contribution in [0.2, 0.25) is 5.02 Å². The molecule has 1 rings (SSSR count). The molecule has 2 amide bonds. The minimum Gasteiger partial charge on any atom is -0.452 e. The van der Waals surface area contributed by atoms with Crippen LogP contribution < -0.4 is 10.9 Å². The van der Waals surface area contributed by atoms with E-state index in [4.69, 9.17) is 11.6 Å². The minimum absolute atomic E-state index is 0.330. The summed E-state index contributed by atoms with van der Waals surface area (Å²) in [5.41, 5.74) is 4.65. The zero-order valence-electron chi connectivity index (χ0n) is 11.8. The number of halogens is 1. The molecule has 0 aliphatic carbocycles. The van der Waals surface area contributed by atoms with Gasteiger partial charge in [-0.25, -0.2) is 4.79 Å². The molecule has 0 bridgehead atoms. The van der Waals surface area contributed by atoms with E-state index < -0.39 is 24.4 Å². The average Bonchev–Trinajstić information content (AvgIpc) is 2.51. The molecular formula is C15H15ClN2O4. The van der Waals surface area contributed by atoms with E-state index in [9.17, 15) is 14.4 Å². The number of ether oxygens (including phenoxy) is 1. The summed E-state index contributed by atoms with van der Waals surface area (Å²) in [6.07, 6.45) is 6.05. The lowest BCUT2D eigenvalue weighted by atomic mass is 10.2. The molecule has 1 aromatic carbocycles. The summed E-state index contributed by atoms with van der Waals surface area (Å²) in [7, 11) is 0. The van der Waals surface area contributed by atoms with E-state index in [1.165, 1.54) is 24.3 Å². The molecule has 116 valence electrons. The second-order valence-corrected chi connectivity index (χ2v) is 4.44. The van der Waals surface area contributed by atoms with E-state index in [1.54, 1.807) is 31.2 Å². The first-order valence-corrected chi connectivity index (χ1v) is 6.71. The van der Waals surface area contributed by atoms with Crippen LogP contribution >= 0.6 is 11.6 Å². The van der Waals surface area contributed by atoms with Crippen LogP contribution in [0.5, 0.6) is 0 Å². The van der Waals surface area contributed by atoms with Gasteiger partial charge in [0.2, 0.25) is 0 Å². The summed E-state index contributed by atoms with van der Waals surface area (Å²) in [5.74, 6) is -1.82. The van der Waals surface area contributed by atoms with Crippen LogP contribution in [0, 0.1) is 0 Å². The third-order valence-electron chi connectivity index (χ3n) is 2.30. The molecule has 0 spiro atoms. The van der Waals surface area contributed by atoms with Crippen molar-refractivity contribution in [2.24, 2.45) is 0 Å². The van der Waals surface area contributed by atoms with Crippen LogP contribution in [0.25, 0.3) is 0 Å². The average molecular weight is 323 g/mol. The fourth-order valence-corrected chi connectivity index (χ4v) is 1.39. The summed E-state index contributed by atoms with van der Waals surface area (Å²) < 4.78 is 4.66. The normalized spacial score (nSPS) is 10.6. The number of carbonyl (C=O) groups excluding carboxylic acids is 3. The van der Waals surface area contributed by atoms with Gasteiger partial charge in [-0.15, -0.1) is 0 Å². The van der Waals surface area contributed by atoms with Crippen molar-refractivity contribution in [3.05, 3.63) is 59.2 Å². The van der Waals surface area contributed by atoms with E-state index >= 15 is 0 Å². The smallest absolute Gasteiger partial charge is 0.331 e. The topological polar surface area (TPSA) is 84.5 Å². The Kier molecular flexibility index (Phi) is 7.42. The predicted molar refractivity (Wildman–Crippen MR) is 82.0 cm³/mol. The third kappa shape index (κ3) is 6.71. The fourth-order valence-electron chi connectivity index (χ4n) is 1.27. The Morgan fingerprint density at radius 1 is 1.14 bits per heavy atom. The van der Waals surface area contributed by atoms with Crippen LogP contribution in [-0.2, 0) is 14.3 Å². The molecule has 0 unspecified atom stereocenters. The maximum Gasteiger partial charge on any atom is 0.331 e. The lowest BCUT2D eigenvalue weighted by Gasteiger charge is -2.07. The molecule has 1 aromatic rings. The highest BCUT2D eigenvalue weighted by atomic mass is 35.5. The Hall–Kier alpha value is -2.60. The molecule has 0 aliphatic heterocycles. The van der Waals surface area contributed by atoms with Crippen molar-refractivity contribution in [3.8, 4) is 0 Å². The summed E-state index contributed by atoms with van der Waals surface area (Å²) in [4.78, 5) is 34.3. The highest BCUT2D eigenvalue weighted by molar-refractivity contribution is 6.30. The van der Waals surface area contributed by atoms with Crippen molar-refractivity contribution in [1.82, 2.24) is 10.9 Å². The van der Waals surface area contributed by atoms with Crippen LogP contribution in [-0.4, -0.2) is 24.4 Å². The molecule has 0 aromatic heterocycles. The van der Waals surface area contributed by atoms with E-state index in [2.05, 4.69) is 15.6 Å². The Morgan fingerprint density at radius 3 is 2.45 bits per heavy atom. The largest absolute Gasteiger partial charge is 0.452 e. The summed E-state index contributed by atoms with van der Waals surface area (Å²) in [6.45, 7) is 1.30. The van der Waals surface area contributed by atoms with Gasteiger partial charge in [0.05, 0.1) is 0 Å². The number of nitrogens with one attached hydrogen (secondary N) is 2. The standard InChI is InChI=1S/C15H15ClN2O4/c1-2-3-4-5-14(20)22-10-13(19)17-18-15(21)11-6-8-12(16)9-7-11/h2-9H,10H2,1H3,(H,17,19)(H,18,21)/b3-2+,5-4+. The van der Waals surface area contributed by atoms with Crippen molar-refractivity contribution < 1.29 is 19.1 Å². The van der Waals surface area contributed by atoms with E-state index in [1.807, 2.05) is 0 Å². The zero-order valence-corrected chi connectivity index (χ0v) is 12.6. The number of hydrazine groups is 1. The molecule has 22 heavy (non-hydrogen) atoms. The second-order valence-electron chi connectivity index (χ2n) is 4.00. The van der Waals surface area contributed by atoms with Gasteiger partial charge in [0.15, 0.2) is 6.61 Å². The molecule has 0 radical (unpaired) electrons. The van der Waals surface area contributed by atoms with Crippen LogP contribution in [0.4, 0.5) is 0 Å². The maximum atomic E-state index is 11.7. The molecule has 0 atom stereocenters. The predicted octanol–water partition coefficient (Wildman–Crippen LogP) is 1.78. The number of allylic oxidation sites excluding steroid dienone is 3. The molecule has 0 fully saturated rings. The van der Waals surface area contributed by atoms with Gasteiger partial charge in [-0.05, 0) is 31.2 Å². The SMILES string of the molecule is C/C=C/C=C/C(=O)OCC(=O)NNC(=O)c1ccc(Cl)cc1. The van der Waals surface area contributed by atoms with Crippen molar-refractivity contribution in [1.29, 1.82) is 0 Å². The Balaban J connectivity index is 2.32. The minimum atomic E-state index is -0.657. The lowest BCUT2D eigenvalue weighted by molar-refractivity contribution is -0.144. The van der Waals surface area contributed by atoms with Gasteiger partial charge in [-0.1, -0.05) is 29.8 Å². The number of carbonyl (C=O) groups is 3. The van der Waals surface area contributed by atoms with E-state index in [0.29, 0.717) is 10.6 Å². The van der Waals surface area contributed by atoms with Gasteiger partial charge in [0, 0.05) is 16.7 Å². The highest BCUT2D eigenvalue weighted by Crippen LogP contribution is 2.08. The van der Waals surface area contributed by atoms with Crippen molar-refractivity contribution in [3.63, 3.8) is 0 Å². The number of amides is 2. The number of rotatable bonds is 5. The molecule has 2 N–H and O–H groups in total. The molecule has 0 aliphatic rings. The molecule has 0 saturated heterocycles. The molecule has 7 heteroatoms. The lowest BCUT2D eigenvalue weighted by Crippen LogP contribution is -2.43. The van der Waals surface area contributed by atoms with Gasteiger partial charge in [-0.3, -0.25) is 20.4 Å². The highest BCUT2D eigenvalue weighted by Gasteiger charge is 2.08. The third-order valence-corrected chi connectivity index (χ3v) is 2.56. The molecule has 0 saturated carbocycles. The molecule has 0 heterocycles. The summed E-state index contributed by atoms with van der Waals surface area (Å²) >= 11 is 5.70. The summed E-state index contributed by atoms with van der Waals surface area (Å²) in [6, 6.07) is 6.13. The number of benzene rings is 1. The van der Waals surface area contributed by atoms with Crippen LogP contribution in [0.15, 0.2) is 48.6 Å². The maximum absolute atomic E-state index is 11.7. The van der Waals surface area contributed by atoms with Crippen LogP contribution in [0.3, 0.4) is 0 Å². The molecular weight excluding hydrogens is 308 g/mol. The first-order valence-electron chi connectivity index (χ1n) is 6.34. The summed E-state index contributed by atoms with van der Waals surface area (Å²) in [5, 5.41) is 0.499.